The molecule has 3 rings (SSSR count). The molecule has 6 nitrogen and oxygen atoms in total. The van der Waals surface area contributed by atoms with Crippen LogP contribution in [0.3, 0.4) is 0 Å². The van der Waals surface area contributed by atoms with E-state index in [9.17, 15) is 9.59 Å². The van der Waals surface area contributed by atoms with Gasteiger partial charge in [-0.1, -0.05) is 24.6 Å². The maximum absolute atomic E-state index is 13.4. The van der Waals surface area contributed by atoms with Gasteiger partial charge in [0.15, 0.2) is 6.29 Å². The number of carbonyl (C=O) groups excluding carboxylic acids is 2. The molecule has 0 bridgehead atoms. The molecule has 28 heavy (non-hydrogen) atoms. The van der Waals surface area contributed by atoms with E-state index in [1.165, 1.54) is 12.2 Å². The van der Waals surface area contributed by atoms with Crippen LogP contribution in [0.25, 0.3) is 5.57 Å². The zero-order valence-electron chi connectivity index (χ0n) is 17.5. The van der Waals surface area contributed by atoms with Gasteiger partial charge in [-0.15, -0.1) is 0 Å². The third kappa shape index (κ3) is 3.47. The molecule has 1 saturated carbocycles. The molecule has 1 heterocycles. The van der Waals surface area contributed by atoms with Gasteiger partial charge in [-0.05, 0) is 64.2 Å². The molecule has 1 atom stereocenters. The minimum absolute atomic E-state index is 0.0921. The van der Waals surface area contributed by atoms with E-state index in [1.807, 2.05) is 45.9 Å². The Morgan fingerprint density at radius 3 is 2.32 bits per heavy atom. The largest absolute Gasteiger partial charge is 0.427 e. The van der Waals surface area contributed by atoms with Crippen molar-refractivity contribution >= 4 is 17.4 Å². The van der Waals surface area contributed by atoms with Crippen molar-refractivity contribution in [3.8, 4) is 0 Å². The summed E-state index contributed by atoms with van der Waals surface area (Å²) in [7, 11) is 1.51. The van der Waals surface area contributed by atoms with Crippen LogP contribution in [0.5, 0.6) is 0 Å². The van der Waals surface area contributed by atoms with E-state index in [2.05, 4.69) is 0 Å². The highest BCUT2D eigenvalue weighted by molar-refractivity contribution is 6.23. The number of ether oxygens (including phenoxy) is 2. The normalized spacial score (nSPS) is 20.4. The maximum atomic E-state index is 13.4. The topological polar surface area (TPSA) is 65.1 Å². The molecule has 0 N–H and O–H groups in total. The number of esters is 1. The quantitative estimate of drug-likeness (QED) is 0.547. The van der Waals surface area contributed by atoms with Gasteiger partial charge in [-0.25, -0.2) is 9.90 Å². The van der Waals surface area contributed by atoms with Crippen LogP contribution in [-0.4, -0.2) is 35.9 Å². The van der Waals surface area contributed by atoms with Gasteiger partial charge >= 0.3 is 5.97 Å². The third-order valence-corrected chi connectivity index (χ3v) is 5.65. The number of rotatable bonds is 6. The number of hydroxylamine groups is 2. The van der Waals surface area contributed by atoms with Crippen LogP contribution in [0, 0.1) is 19.8 Å². The molecule has 0 radical (unpaired) electrons. The molecular weight excluding hydrogens is 358 g/mol. The van der Waals surface area contributed by atoms with Gasteiger partial charge in [0.2, 0.25) is 0 Å². The van der Waals surface area contributed by atoms with Crippen LogP contribution in [0.15, 0.2) is 24.0 Å². The van der Waals surface area contributed by atoms with Crippen LogP contribution in [0.1, 0.15) is 56.7 Å². The first-order valence-corrected chi connectivity index (χ1v) is 9.75. The lowest BCUT2D eigenvalue weighted by Crippen LogP contribution is -2.46. The highest BCUT2D eigenvalue weighted by Gasteiger charge is 2.51. The molecular formula is C22H29NO5. The average Bonchev–Trinajstić information content (AvgIpc) is 2.74. The first-order valence-electron chi connectivity index (χ1n) is 9.75. The van der Waals surface area contributed by atoms with Crippen molar-refractivity contribution in [2.75, 3.05) is 7.11 Å². The molecule has 1 unspecified atom stereocenters. The first kappa shape index (κ1) is 20.6. The minimum Gasteiger partial charge on any atom is -0.427 e. The van der Waals surface area contributed by atoms with Crippen molar-refractivity contribution < 1.29 is 23.9 Å². The molecule has 1 amide bonds. The van der Waals surface area contributed by atoms with E-state index in [0.29, 0.717) is 11.3 Å². The molecule has 0 saturated heterocycles. The van der Waals surface area contributed by atoms with Gasteiger partial charge in [0.1, 0.15) is 11.3 Å². The predicted octanol–water partition coefficient (Wildman–Crippen LogP) is 3.90. The Morgan fingerprint density at radius 1 is 1.21 bits per heavy atom. The molecule has 1 aromatic rings. The number of amides is 1. The minimum atomic E-state index is -0.951. The van der Waals surface area contributed by atoms with Crippen molar-refractivity contribution in [3.63, 3.8) is 0 Å². The fraction of sp³-hybridized carbons (Fsp3) is 0.545. The van der Waals surface area contributed by atoms with Crippen LogP contribution in [-0.2, 0) is 23.9 Å². The molecule has 1 aromatic carbocycles. The lowest BCUT2D eigenvalue weighted by Gasteiger charge is -2.34. The van der Waals surface area contributed by atoms with Gasteiger partial charge in [0.05, 0.1) is 11.5 Å². The van der Waals surface area contributed by atoms with E-state index in [-0.39, 0.29) is 17.8 Å². The summed E-state index contributed by atoms with van der Waals surface area (Å²) in [6.07, 6.45) is 2.08. The van der Waals surface area contributed by atoms with E-state index >= 15 is 0 Å². The third-order valence-electron chi connectivity index (χ3n) is 5.65. The van der Waals surface area contributed by atoms with Gasteiger partial charge in [0.25, 0.3) is 5.91 Å². The number of aryl methyl sites for hydroxylation is 2. The van der Waals surface area contributed by atoms with Crippen molar-refractivity contribution in [2.45, 2.75) is 65.7 Å². The summed E-state index contributed by atoms with van der Waals surface area (Å²) in [5.41, 5.74) is 2.11. The summed E-state index contributed by atoms with van der Waals surface area (Å²) in [5.74, 6) is -0.351. The molecule has 6 heteroatoms. The van der Waals surface area contributed by atoms with E-state index in [4.69, 9.17) is 14.3 Å². The van der Waals surface area contributed by atoms with Crippen LogP contribution < -0.4 is 0 Å². The summed E-state index contributed by atoms with van der Waals surface area (Å²) < 4.78 is 11.1. The number of methoxy groups -OCH3 is 1. The summed E-state index contributed by atoms with van der Waals surface area (Å²) in [5, 5.41) is 1.27. The highest BCUT2D eigenvalue weighted by Crippen LogP contribution is 2.44. The lowest BCUT2D eigenvalue weighted by molar-refractivity contribution is -0.276. The fourth-order valence-electron chi connectivity index (χ4n) is 3.65. The van der Waals surface area contributed by atoms with Gasteiger partial charge < -0.3 is 9.47 Å². The zero-order valence-corrected chi connectivity index (χ0v) is 17.5. The Kier molecular flexibility index (Phi) is 5.64. The summed E-state index contributed by atoms with van der Waals surface area (Å²) in [6, 6.07) is 5.84. The van der Waals surface area contributed by atoms with Crippen molar-refractivity contribution in [1.29, 1.82) is 0 Å². The van der Waals surface area contributed by atoms with Crippen LogP contribution in [0.2, 0.25) is 0 Å². The molecule has 1 aliphatic heterocycles. The van der Waals surface area contributed by atoms with Crippen molar-refractivity contribution in [1.82, 2.24) is 5.06 Å². The van der Waals surface area contributed by atoms with E-state index in [1.54, 1.807) is 6.92 Å². The predicted molar refractivity (Wildman–Crippen MR) is 105 cm³/mol. The lowest BCUT2D eigenvalue weighted by atomic mass is 9.85. The molecule has 1 aliphatic carbocycles. The monoisotopic (exact) mass is 387 g/mol. The molecule has 0 aromatic heterocycles. The molecule has 0 spiro atoms. The second-order valence-electron chi connectivity index (χ2n) is 8.09. The molecule has 2 aliphatic rings. The number of benzene rings is 1. The number of hydrogen-bond acceptors (Lipinski definition) is 5. The molecule has 152 valence electrons. The fourth-order valence-corrected chi connectivity index (χ4v) is 3.65. The zero-order chi connectivity index (χ0) is 20.6. The van der Waals surface area contributed by atoms with Crippen molar-refractivity contribution in [3.05, 3.63) is 40.6 Å². The number of hydrogen-bond donors (Lipinski definition) is 0. The Hall–Kier alpha value is -2.18. The Labute approximate surface area is 166 Å². The Balaban J connectivity index is 2.10. The van der Waals surface area contributed by atoms with E-state index < -0.39 is 11.8 Å². The molecule has 1 fully saturated rings. The number of nitrogens with zero attached hydrogens (tertiary/aromatic N) is 1. The average molecular weight is 387 g/mol. The second-order valence-corrected chi connectivity index (χ2v) is 8.09. The second kappa shape index (κ2) is 7.68. The van der Waals surface area contributed by atoms with E-state index in [0.717, 1.165) is 36.0 Å². The first-order chi connectivity index (χ1) is 13.2. The smallest absolute Gasteiger partial charge is 0.314 e. The SMILES string of the molecule is COC(C)ON1C(=O)C(c2c(C)cccc2C)=C(OC(=O)C2CCC2)C1(C)C. The highest BCUT2D eigenvalue weighted by atomic mass is 16.8. The van der Waals surface area contributed by atoms with Crippen LogP contribution in [0.4, 0.5) is 0 Å². The summed E-state index contributed by atoms with van der Waals surface area (Å²) >= 11 is 0. The number of carbonyl (C=O) groups is 2. The standard InChI is InChI=1S/C22H29NO5/c1-13-9-7-10-14(2)17(13)18-19(27-21(25)16-11-8-12-16)22(4,5)23(20(18)24)28-15(3)26-6/h7,9-10,15-16H,8,11-12H2,1-6H3. The van der Waals surface area contributed by atoms with Gasteiger partial charge in [-0.3, -0.25) is 9.59 Å². The van der Waals surface area contributed by atoms with Crippen molar-refractivity contribution in [2.24, 2.45) is 5.92 Å². The Bertz CT molecular complexity index is 802. The maximum Gasteiger partial charge on any atom is 0.314 e. The summed E-state index contributed by atoms with van der Waals surface area (Å²) in [6.45, 7) is 9.24. The van der Waals surface area contributed by atoms with Crippen LogP contribution >= 0.6 is 0 Å². The Morgan fingerprint density at radius 2 is 1.82 bits per heavy atom. The van der Waals surface area contributed by atoms with Gasteiger partial charge in [0, 0.05) is 7.11 Å². The van der Waals surface area contributed by atoms with Gasteiger partial charge in [-0.2, -0.15) is 0 Å². The summed E-state index contributed by atoms with van der Waals surface area (Å²) in [4.78, 5) is 31.8.